The summed E-state index contributed by atoms with van der Waals surface area (Å²) < 4.78 is 11.2. The van der Waals surface area contributed by atoms with Crippen molar-refractivity contribution in [2.24, 2.45) is 5.92 Å². The molecule has 6 nitrogen and oxygen atoms in total. The van der Waals surface area contributed by atoms with Crippen molar-refractivity contribution < 1.29 is 14.0 Å². The number of nitro benzene ring substituents is 1. The van der Waals surface area contributed by atoms with E-state index in [0.29, 0.717) is 19.1 Å². The van der Waals surface area contributed by atoms with E-state index in [1.807, 2.05) is 20.8 Å². The van der Waals surface area contributed by atoms with Gasteiger partial charge >= 0.3 is 12.3 Å². The maximum Gasteiger partial charge on any atom is 0.313 e. The van der Waals surface area contributed by atoms with Crippen molar-refractivity contribution in [3.8, 4) is 5.75 Å². The normalized spacial score (nSPS) is 14.0. The molecule has 0 aromatic heterocycles. The van der Waals surface area contributed by atoms with Gasteiger partial charge in [0.05, 0.1) is 11.5 Å². The van der Waals surface area contributed by atoms with Crippen LogP contribution in [0.2, 0.25) is 0 Å². The van der Waals surface area contributed by atoms with Crippen molar-refractivity contribution in [3.63, 3.8) is 0 Å². The minimum absolute atomic E-state index is 0.102. The highest BCUT2D eigenvalue weighted by atomic mass is 32.5. The first-order valence-corrected chi connectivity index (χ1v) is 9.35. The Hall–Kier alpha value is -1.01. The van der Waals surface area contributed by atoms with Crippen molar-refractivity contribution in [2.45, 2.75) is 27.7 Å². The summed E-state index contributed by atoms with van der Waals surface area (Å²) in [7, 11) is 0. The molecule has 8 heteroatoms. The topological polar surface area (TPSA) is 73.6 Å². The van der Waals surface area contributed by atoms with Gasteiger partial charge < -0.3 is 9.05 Å². The molecule has 1 rings (SSSR count). The molecule has 0 heterocycles. The summed E-state index contributed by atoms with van der Waals surface area (Å²) in [4.78, 5) is 10.7. The Morgan fingerprint density at radius 1 is 1.48 bits per heavy atom. The lowest BCUT2D eigenvalue weighted by atomic mass is 10.2. The molecule has 0 bridgehead atoms. The average Bonchev–Trinajstić information content (AvgIpc) is 2.39. The van der Waals surface area contributed by atoms with Crippen LogP contribution in [0.4, 0.5) is 5.69 Å². The first kappa shape index (κ1) is 18.0. The van der Waals surface area contributed by atoms with Crippen LogP contribution in [0.5, 0.6) is 5.75 Å². The maximum atomic E-state index is 11.1. The van der Waals surface area contributed by atoms with Gasteiger partial charge in [-0.05, 0) is 43.2 Å². The quantitative estimate of drug-likeness (QED) is 0.443. The van der Waals surface area contributed by atoms with E-state index in [9.17, 15) is 10.1 Å². The molecule has 0 saturated heterocycles. The van der Waals surface area contributed by atoms with Gasteiger partial charge in [-0.3, -0.25) is 10.1 Å². The molecule has 118 valence electrons. The van der Waals surface area contributed by atoms with Gasteiger partial charge in [-0.25, -0.2) is 5.09 Å². The highest BCUT2D eigenvalue weighted by molar-refractivity contribution is 8.09. The molecule has 0 radical (unpaired) electrons. The zero-order valence-corrected chi connectivity index (χ0v) is 14.4. The first-order chi connectivity index (χ1) is 9.77. The third-order valence-electron chi connectivity index (χ3n) is 2.52. The van der Waals surface area contributed by atoms with Crippen LogP contribution in [0.15, 0.2) is 18.2 Å². The molecular formula is C13H21N2O4PS. The van der Waals surface area contributed by atoms with Crippen LogP contribution in [0.25, 0.3) is 0 Å². The van der Waals surface area contributed by atoms with E-state index in [4.69, 9.17) is 20.9 Å². The average molecular weight is 332 g/mol. The SMILES string of the molecule is CCOP(=S)(NCC(C)C)Oc1ccc(C)cc1[N+](=O)[O-]. The van der Waals surface area contributed by atoms with E-state index >= 15 is 0 Å². The third kappa shape index (κ3) is 5.71. The zero-order valence-electron chi connectivity index (χ0n) is 12.7. The molecule has 1 N–H and O–H groups in total. The van der Waals surface area contributed by atoms with Gasteiger partial charge in [-0.15, -0.1) is 0 Å². The van der Waals surface area contributed by atoms with Gasteiger partial charge in [0.1, 0.15) is 0 Å². The predicted molar refractivity (Wildman–Crippen MR) is 87.2 cm³/mol. The predicted octanol–water partition coefficient (Wildman–Crippen LogP) is 3.79. The number of benzene rings is 1. The van der Waals surface area contributed by atoms with E-state index < -0.39 is 11.6 Å². The Bertz CT molecular complexity index is 551. The minimum Gasteiger partial charge on any atom is -0.425 e. The first-order valence-electron chi connectivity index (χ1n) is 6.71. The van der Waals surface area contributed by atoms with E-state index in [2.05, 4.69) is 5.09 Å². The van der Waals surface area contributed by atoms with E-state index in [0.717, 1.165) is 5.56 Å². The molecule has 0 aliphatic carbocycles. The maximum absolute atomic E-state index is 11.1. The molecule has 0 aliphatic rings. The van der Waals surface area contributed by atoms with Crippen molar-refractivity contribution in [1.82, 2.24) is 5.09 Å². The molecule has 1 atom stereocenters. The Kier molecular flexibility index (Phi) is 6.74. The summed E-state index contributed by atoms with van der Waals surface area (Å²) in [5.41, 5.74) is 0.684. The number of nitrogens with one attached hydrogen (secondary N) is 1. The fourth-order valence-corrected chi connectivity index (χ4v) is 3.88. The fourth-order valence-electron chi connectivity index (χ4n) is 1.55. The smallest absolute Gasteiger partial charge is 0.313 e. The monoisotopic (exact) mass is 332 g/mol. The van der Waals surface area contributed by atoms with Crippen LogP contribution >= 0.6 is 6.64 Å². The molecule has 0 fully saturated rings. The third-order valence-corrected chi connectivity index (χ3v) is 5.05. The Morgan fingerprint density at radius 3 is 2.67 bits per heavy atom. The lowest BCUT2D eigenvalue weighted by Crippen LogP contribution is -2.21. The second-order valence-electron chi connectivity index (χ2n) is 4.99. The largest absolute Gasteiger partial charge is 0.425 e. The van der Waals surface area contributed by atoms with Crippen LogP contribution in [0.3, 0.4) is 0 Å². The summed E-state index contributed by atoms with van der Waals surface area (Å²) in [5, 5.41) is 14.2. The molecule has 0 aliphatic heterocycles. The number of hydrogen-bond acceptors (Lipinski definition) is 5. The van der Waals surface area contributed by atoms with Crippen LogP contribution in [-0.4, -0.2) is 18.1 Å². The number of nitrogens with zero attached hydrogens (tertiary/aromatic N) is 1. The van der Waals surface area contributed by atoms with Gasteiger partial charge in [0.2, 0.25) is 5.75 Å². The Labute approximate surface area is 130 Å². The molecular weight excluding hydrogens is 311 g/mol. The Morgan fingerprint density at radius 2 is 2.14 bits per heavy atom. The van der Waals surface area contributed by atoms with E-state index in [1.54, 1.807) is 19.1 Å². The van der Waals surface area contributed by atoms with Crippen LogP contribution < -0.4 is 9.61 Å². The molecule has 0 amide bonds. The molecule has 1 unspecified atom stereocenters. The number of aryl methyl sites for hydroxylation is 1. The van der Waals surface area contributed by atoms with Gasteiger partial charge in [0, 0.05) is 12.6 Å². The molecule has 0 saturated carbocycles. The second kappa shape index (κ2) is 7.84. The molecule has 1 aromatic carbocycles. The molecule has 0 spiro atoms. The van der Waals surface area contributed by atoms with Crippen molar-refractivity contribution in [3.05, 3.63) is 33.9 Å². The van der Waals surface area contributed by atoms with Crippen LogP contribution in [0, 0.1) is 23.0 Å². The van der Waals surface area contributed by atoms with Gasteiger partial charge in [-0.2, -0.15) is 0 Å². The summed E-state index contributed by atoms with van der Waals surface area (Å²) in [6.45, 7) is 5.87. The van der Waals surface area contributed by atoms with Crippen molar-refractivity contribution in [2.75, 3.05) is 13.2 Å². The van der Waals surface area contributed by atoms with Crippen molar-refractivity contribution in [1.29, 1.82) is 0 Å². The summed E-state index contributed by atoms with van der Waals surface area (Å²) in [6, 6.07) is 4.77. The van der Waals surface area contributed by atoms with Crippen LogP contribution in [-0.2, 0) is 16.3 Å². The zero-order chi connectivity index (χ0) is 16.0. The summed E-state index contributed by atoms with van der Waals surface area (Å²) in [5.74, 6) is 0.503. The van der Waals surface area contributed by atoms with Crippen molar-refractivity contribution >= 4 is 24.1 Å². The lowest BCUT2D eigenvalue weighted by Gasteiger charge is -2.24. The number of hydrogen-bond donors (Lipinski definition) is 1. The van der Waals surface area contributed by atoms with Gasteiger partial charge in [0.25, 0.3) is 0 Å². The van der Waals surface area contributed by atoms with E-state index in [1.165, 1.54) is 6.07 Å². The summed E-state index contributed by atoms with van der Waals surface area (Å²) >= 11 is 5.41. The standard InChI is InChI=1S/C13H21N2O4PS/c1-5-18-20(21,14-9-10(2)3)19-13-7-6-11(4)8-12(13)15(16)17/h6-8,10H,5,9H2,1-4H3,(H,14,21). The summed E-state index contributed by atoms with van der Waals surface area (Å²) in [6.07, 6.45) is 0. The van der Waals surface area contributed by atoms with E-state index in [-0.39, 0.29) is 11.4 Å². The Balaban J connectivity index is 3.03. The number of rotatable bonds is 8. The molecule has 21 heavy (non-hydrogen) atoms. The highest BCUT2D eigenvalue weighted by Crippen LogP contribution is 2.47. The van der Waals surface area contributed by atoms with Crippen LogP contribution in [0.1, 0.15) is 26.3 Å². The van der Waals surface area contributed by atoms with Gasteiger partial charge in [-0.1, -0.05) is 19.9 Å². The molecule has 1 aromatic rings. The number of nitro groups is 1. The fraction of sp³-hybridized carbons (Fsp3) is 0.538. The second-order valence-corrected chi connectivity index (χ2v) is 8.18. The lowest BCUT2D eigenvalue weighted by molar-refractivity contribution is -0.385. The van der Waals surface area contributed by atoms with Gasteiger partial charge in [0.15, 0.2) is 0 Å². The highest BCUT2D eigenvalue weighted by Gasteiger charge is 2.25. The minimum atomic E-state index is -2.80.